The molecule has 0 saturated carbocycles. The van der Waals surface area contributed by atoms with Crippen LogP contribution in [0.3, 0.4) is 0 Å². The van der Waals surface area contributed by atoms with Gasteiger partial charge < -0.3 is 9.84 Å². The van der Waals surface area contributed by atoms with Crippen molar-refractivity contribution in [3.05, 3.63) is 22.8 Å². The summed E-state index contributed by atoms with van der Waals surface area (Å²) in [5.74, 6) is 0.299. The van der Waals surface area contributed by atoms with Crippen LogP contribution in [0.1, 0.15) is 23.6 Å². The van der Waals surface area contributed by atoms with E-state index in [2.05, 4.69) is 13.0 Å². The first-order valence-corrected chi connectivity index (χ1v) is 6.87. The molecule has 0 heterocycles. The van der Waals surface area contributed by atoms with Crippen LogP contribution in [0.2, 0.25) is 0 Å². The molecule has 18 heavy (non-hydrogen) atoms. The lowest BCUT2D eigenvalue weighted by Crippen LogP contribution is -2.12. The zero-order valence-electron chi connectivity index (χ0n) is 11.5. The van der Waals surface area contributed by atoms with Crippen molar-refractivity contribution in [1.29, 1.82) is 0 Å². The number of carbonyl (C=O) groups is 1. The Morgan fingerprint density at radius 1 is 1.39 bits per heavy atom. The Kier molecular flexibility index (Phi) is 5.08. The maximum absolute atomic E-state index is 10.8. The van der Waals surface area contributed by atoms with Crippen LogP contribution in [-0.2, 0) is 4.79 Å². The lowest BCUT2D eigenvalue weighted by molar-refractivity contribution is -0.140. The van der Waals surface area contributed by atoms with Crippen molar-refractivity contribution in [1.82, 2.24) is 0 Å². The fourth-order valence-electron chi connectivity index (χ4n) is 1.73. The minimum absolute atomic E-state index is 0.360. The van der Waals surface area contributed by atoms with E-state index in [1.807, 2.05) is 13.8 Å². The van der Waals surface area contributed by atoms with Crippen molar-refractivity contribution in [3.8, 4) is 5.75 Å². The molecular weight excluding hydrogens is 248 g/mol. The quantitative estimate of drug-likeness (QED) is 0.831. The normalized spacial score (nSPS) is 12.3. The average molecular weight is 268 g/mol. The van der Waals surface area contributed by atoms with Crippen LogP contribution in [0.25, 0.3) is 0 Å². The van der Waals surface area contributed by atoms with Crippen LogP contribution in [0, 0.1) is 26.7 Å². The Bertz CT molecular complexity index is 455. The highest BCUT2D eigenvalue weighted by molar-refractivity contribution is 7.99. The lowest BCUT2D eigenvalue weighted by Gasteiger charge is -2.16. The Labute approximate surface area is 113 Å². The summed E-state index contributed by atoms with van der Waals surface area (Å²) in [6, 6.07) is 2.12. The van der Waals surface area contributed by atoms with Crippen LogP contribution in [-0.4, -0.2) is 23.9 Å². The molecular formula is C14H20O3S. The van der Waals surface area contributed by atoms with E-state index in [4.69, 9.17) is 9.84 Å². The van der Waals surface area contributed by atoms with Gasteiger partial charge in [-0.1, -0.05) is 13.0 Å². The Morgan fingerprint density at radius 3 is 2.50 bits per heavy atom. The Hall–Kier alpha value is -1.16. The lowest BCUT2D eigenvalue weighted by atomic mass is 10.1. The van der Waals surface area contributed by atoms with Crippen LogP contribution in [0.5, 0.6) is 5.75 Å². The molecule has 0 aliphatic rings. The van der Waals surface area contributed by atoms with Gasteiger partial charge in [-0.05, 0) is 37.5 Å². The van der Waals surface area contributed by atoms with Gasteiger partial charge in [0.25, 0.3) is 0 Å². The number of carboxylic acid groups (broad SMARTS) is 1. The predicted octanol–water partition coefficient (Wildman–Crippen LogP) is 3.43. The Morgan fingerprint density at radius 2 is 2.00 bits per heavy atom. The van der Waals surface area contributed by atoms with Crippen molar-refractivity contribution in [2.24, 2.45) is 5.92 Å². The molecule has 0 amide bonds. The van der Waals surface area contributed by atoms with Crippen LogP contribution >= 0.6 is 11.8 Å². The van der Waals surface area contributed by atoms with Crippen LogP contribution < -0.4 is 4.74 Å². The van der Waals surface area contributed by atoms with Crippen molar-refractivity contribution in [2.75, 3.05) is 12.9 Å². The molecule has 100 valence electrons. The second kappa shape index (κ2) is 6.14. The van der Waals surface area contributed by atoms with Gasteiger partial charge in [0.2, 0.25) is 0 Å². The summed E-state index contributed by atoms with van der Waals surface area (Å²) in [5, 5.41) is 8.91. The third kappa shape index (κ3) is 3.19. The molecule has 1 unspecified atom stereocenters. The van der Waals surface area contributed by atoms with Gasteiger partial charge in [-0.25, -0.2) is 0 Å². The number of rotatable bonds is 5. The zero-order valence-corrected chi connectivity index (χ0v) is 12.4. The van der Waals surface area contributed by atoms with Crippen molar-refractivity contribution in [3.63, 3.8) is 0 Å². The first kappa shape index (κ1) is 14.9. The number of hydrogen-bond acceptors (Lipinski definition) is 3. The molecule has 0 spiro atoms. The fourth-order valence-corrected chi connectivity index (χ4v) is 2.95. The largest absolute Gasteiger partial charge is 0.495 e. The third-order valence-corrected chi connectivity index (χ3v) is 4.50. The molecule has 1 atom stereocenters. The minimum atomic E-state index is -0.761. The van der Waals surface area contributed by atoms with Gasteiger partial charge in [-0.3, -0.25) is 4.79 Å². The summed E-state index contributed by atoms with van der Waals surface area (Å²) in [7, 11) is 1.66. The first-order chi connectivity index (χ1) is 8.38. The second-order valence-corrected chi connectivity index (χ2v) is 5.58. The number of ether oxygens (including phenoxy) is 1. The molecule has 0 aromatic heterocycles. The predicted molar refractivity (Wildman–Crippen MR) is 74.7 cm³/mol. The summed E-state index contributed by atoms with van der Waals surface area (Å²) in [6.45, 7) is 7.83. The number of aliphatic carboxylic acids is 1. The molecule has 0 aliphatic heterocycles. The van der Waals surface area contributed by atoms with E-state index in [1.54, 1.807) is 25.8 Å². The molecule has 1 aromatic carbocycles. The minimum Gasteiger partial charge on any atom is -0.495 e. The van der Waals surface area contributed by atoms with Crippen molar-refractivity contribution in [2.45, 2.75) is 32.6 Å². The molecule has 0 aliphatic carbocycles. The highest BCUT2D eigenvalue weighted by Gasteiger charge is 2.16. The highest BCUT2D eigenvalue weighted by Crippen LogP contribution is 2.37. The van der Waals surface area contributed by atoms with Gasteiger partial charge in [-0.2, -0.15) is 0 Å². The third-order valence-electron chi connectivity index (χ3n) is 3.03. The van der Waals surface area contributed by atoms with Crippen molar-refractivity contribution < 1.29 is 14.6 Å². The molecule has 3 nitrogen and oxygen atoms in total. The number of benzene rings is 1. The van der Waals surface area contributed by atoms with Crippen LogP contribution in [0.15, 0.2) is 11.0 Å². The van der Waals surface area contributed by atoms with Crippen molar-refractivity contribution >= 4 is 17.7 Å². The molecule has 0 bridgehead atoms. The smallest absolute Gasteiger partial charge is 0.307 e. The van der Waals surface area contributed by atoms with E-state index in [0.717, 1.165) is 21.8 Å². The molecule has 1 N–H and O–H groups in total. The molecule has 0 saturated heterocycles. The van der Waals surface area contributed by atoms with Gasteiger partial charge in [-0.15, -0.1) is 11.8 Å². The number of methoxy groups -OCH3 is 1. The summed E-state index contributed by atoms with van der Waals surface area (Å²) in [6.07, 6.45) is 0. The monoisotopic (exact) mass is 268 g/mol. The summed E-state index contributed by atoms with van der Waals surface area (Å²) in [5.41, 5.74) is 3.45. The zero-order chi connectivity index (χ0) is 13.9. The number of aryl methyl sites for hydroxylation is 2. The van der Waals surface area contributed by atoms with E-state index >= 15 is 0 Å². The summed E-state index contributed by atoms with van der Waals surface area (Å²) < 4.78 is 5.46. The molecule has 1 aromatic rings. The van der Waals surface area contributed by atoms with E-state index in [1.165, 1.54) is 5.56 Å². The van der Waals surface area contributed by atoms with E-state index in [0.29, 0.717) is 5.75 Å². The SMILES string of the molecule is COc1c(C)c(C)cc(C)c1SCC(C)C(=O)O. The van der Waals surface area contributed by atoms with Gasteiger partial charge in [0.05, 0.1) is 17.9 Å². The van der Waals surface area contributed by atoms with Gasteiger partial charge in [0, 0.05) is 5.75 Å². The summed E-state index contributed by atoms with van der Waals surface area (Å²) >= 11 is 1.55. The fraction of sp³-hybridized carbons (Fsp3) is 0.500. The number of thioether (sulfide) groups is 1. The first-order valence-electron chi connectivity index (χ1n) is 5.88. The standard InChI is InChI=1S/C14H20O3S/c1-8-6-9(2)13(12(17-5)11(8)4)18-7-10(3)14(15)16/h6,10H,7H2,1-5H3,(H,15,16). The maximum Gasteiger partial charge on any atom is 0.307 e. The van der Waals surface area contributed by atoms with E-state index in [-0.39, 0.29) is 5.92 Å². The molecule has 1 rings (SSSR count). The van der Waals surface area contributed by atoms with E-state index in [9.17, 15) is 4.79 Å². The molecule has 4 heteroatoms. The van der Waals surface area contributed by atoms with Gasteiger partial charge in [0.15, 0.2) is 0 Å². The second-order valence-electron chi connectivity index (χ2n) is 4.55. The number of hydrogen-bond donors (Lipinski definition) is 1. The molecule has 0 radical (unpaired) electrons. The van der Waals surface area contributed by atoms with Gasteiger partial charge >= 0.3 is 5.97 Å². The number of carboxylic acids is 1. The maximum atomic E-state index is 10.8. The Balaban J connectivity index is 3.01. The summed E-state index contributed by atoms with van der Waals surface area (Å²) in [4.78, 5) is 11.9. The molecule has 0 fully saturated rings. The van der Waals surface area contributed by atoms with E-state index < -0.39 is 5.97 Å². The average Bonchev–Trinajstić information content (AvgIpc) is 2.31. The van der Waals surface area contributed by atoms with Crippen LogP contribution in [0.4, 0.5) is 0 Å². The van der Waals surface area contributed by atoms with Gasteiger partial charge in [0.1, 0.15) is 5.75 Å². The highest BCUT2D eigenvalue weighted by atomic mass is 32.2. The topological polar surface area (TPSA) is 46.5 Å².